The largest absolute Gasteiger partial charge is 0.377 e. The van der Waals surface area contributed by atoms with Crippen molar-refractivity contribution in [3.05, 3.63) is 35.4 Å². The summed E-state index contributed by atoms with van der Waals surface area (Å²) < 4.78 is 5.93. The van der Waals surface area contributed by atoms with Crippen LogP contribution in [-0.4, -0.2) is 18.8 Å². The van der Waals surface area contributed by atoms with E-state index in [-0.39, 0.29) is 5.41 Å². The number of fused-ring (bicyclic) bond motifs is 1. The maximum Gasteiger partial charge on any atom is 0.0991 e. The van der Waals surface area contributed by atoms with Gasteiger partial charge in [-0.2, -0.15) is 5.26 Å². The number of rotatable bonds is 3. The van der Waals surface area contributed by atoms with E-state index in [1.807, 2.05) is 18.2 Å². The molecule has 0 radical (unpaired) electrons. The minimum absolute atomic E-state index is 0.206. The van der Waals surface area contributed by atoms with Crippen molar-refractivity contribution in [2.75, 3.05) is 6.61 Å². The first-order valence-corrected chi connectivity index (χ1v) is 7.47. The summed E-state index contributed by atoms with van der Waals surface area (Å²) in [5.74, 6) is 0.651. The lowest BCUT2D eigenvalue weighted by Gasteiger charge is -2.60. The van der Waals surface area contributed by atoms with E-state index >= 15 is 0 Å². The fourth-order valence-electron chi connectivity index (χ4n) is 3.92. The third-order valence-electron chi connectivity index (χ3n) is 4.91. The molecule has 3 nitrogen and oxygen atoms in total. The maximum atomic E-state index is 8.95. The molecule has 1 heterocycles. The minimum atomic E-state index is 0.206. The molecular weight excluding hydrogens is 248 g/mol. The fourth-order valence-corrected chi connectivity index (χ4v) is 3.92. The van der Waals surface area contributed by atoms with Gasteiger partial charge in [0.15, 0.2) is 0 Å². The molecule has 3 rings (SSSR count). The van der Waals surface area contributed by atoms with Crippen molar-refractivity contribution < 1.29 is 4.74 Å². The highest BCUT2D eigenvalue weighted by atomic mass is 16.5. The lowest BCUT2D eigenvalue weighted by Crippen LogP contribution is -2.69. The van der Waals surface area contributed by atoms with Crippen molar-refractivity contribution in [2.24, 2.45) is 11.3 Å². The molecule has 2 aliphatic rings. The topological polar surface area (TPSA) is 45.0 Å². The molecule has 1 N–H and O–H groups in total. The van der Waals surface area contributed by atoms with Crippen molar-refractivity contribution >= 4 is 0 Å². The van der Waals surface area contributed by atoms with Gasteiger partial charge in [0, 0.05) is 30.5 Å². The van der Waals surface area contributed by atoms with Gasteiger partial charge >= 0.3 is 0 Å². The molecule has 1 aromatic carbocycles. The van der Waals surface area contributed by atoms with Gasteiger partial charge in [0.2, 0.25) is 0 Å². The zero-order chi connectivity index (χ0) is 14.2. The molecule has 1 saturated carbocycles. The summed E-state index contributed by atoms with van der Waals surface area (Å²) in [5, 5.41) is 12.6. The van der Waals surface area contributed by atoms with Crippen molar-refractivity contribution in [1.82, 2.24) is 5.32 Å². The first-order chi connectivity index (χ1) is 9.63. The van der Waals surface area contributed by atoms with Gasteiger partial charge in [0.1, 0.15) is 0 Å². The highest BCUT2D eigenvalue weighted by Gasteiger charge is 2.57. The van der Waals surface area contributed by atoms with Gasteiger partial charge in [-0.1, -0.05) is 26.0 Å². The average molecular weight is 270 g/mol. The highest BCUT2D eigenvalue weighted by Crippen LogP contribution is 2.51. The molecule has 1 aliphatic carbocycles. The molecule has 3 unspecified atom stereocenters. The molecule has 1 saturated heterocycles. The van der Waals surface area contributed by atoms with Crippen molar-refractivity contribution in [1.29, 1.82) is 5.26 Å². The van der Waals surface area contributed by atoms with Gasteiger partial charge in [-0.3, -0.25) is 0 Å². The molecule has 106 valence electrons. The lowest BCUT2D eigenvalue weighted by atomic mass is 9.55. The Morgan fingerprint density at radius 3 is 3.10 bits per heavy atom. The molecule has 0 amide bonds. The predicted molar refractivity (Wildman–Crippen MR) is 78.0 cm³/mol. The number of hydrogen-bond donors (Lipinski definition) is 1. The third kappa shape index (κ3) is 2.24. The Labute approximate surface area is 120 Å². The second kappa shape index (κ2) is 5.20. The highest BCUT2D eigenvalue weighted by molar-refractivity contribution is 5.32. The van der Waals surface area contributed by atoms with Gasteiger partial charge in [-0.15, -0.1) is 0 Å². The van der Waals surface area contributed by atoms with Crippen LogP contribution in [0.4, 0.5) is 0 Å². The van der Waals surface area contributed by atoms with Crippen LogP contribution < -0.4 is 5.32 Å². The van der Waals surface area contributed by atoms with Crippen LogP contribution >= 0.6 is 0 Å². The Hall–Kier alpha value is -1.37. The Kier molecular flexibility index (Phi) is 3.54. The molecule has 20 heavy (non-hydrogen) atoms. The van der Waals surface area contributed by atoms with E-state index in [9.17, 15) is 0 Å². The SMILES string of the molecule is CC1(C)C(NCc2cccc(C#N)c2)C2CCCOC21. The Bertz CT molecular complexity index is 532. The van der Waals surface area contributed by atoms with Gasteiger partial charge in [0.25, 0.3) is 0 Å². The van der Waals surface area contributed by atoms with Gasteiger partial charge in [-0.05, 0) is 30.5 Å². The molecule has 0 spiro atoms. The minimum Gasteiger partial charge on any atom is -0.377 e. The van der Waals surface area contributed by atoms with E-state index in [0.29, 0.717) is 18.1 Å². The third-order valence-corrected chi connectivity index (χ3v) is 4.91. The smallest absolute Gasteiger partial charge is 0.0991 e. The fraction of sp³-hybridized carbons (Fsp3) is 0.588. The van der Waals surface area contributed by atoms with Crippen molar-refractivity contribution in [3.8, 4) is 6.07 Å². The second-order valence-electron chi connectivity index (χ2n) is 6.59. The van der Waals surface area contributed by atoms with Gasteiger partial charge in [0.05, 0.1) is 17.7 Å². The summed E-state index contributed by atoms with van der Waals surface area (Å²) in [6.45, 7) is 6.33. The van der Waals surface area contributed by atoms with E-state index in [1.54, 1.807) is 0 Å². The van der Waals surface area contributed by atoms with E-state index in [2.05, 4.69) is 31.3 Å². The number of benzene rings is 1. The molecule has 0 bridgehead atoms. The quantitative estimate of drug-likeness (QED) is 0.918. The van der Waals surface area contributed by atoms with Gasteiger partial charge in [-0.25, -0.2) is 0 Å². The molecule has 1 aliphatic heterocycles. The number of nitriles is 1. The normalized spacial score (nSPS) is 30.9. The first kappa shape index (κ1) is 13.6. The van der Waals surface area contributed by atoms with Crippen LogP contribution in [0.5, 0.6) is 0 Å². The predicted octanol–water partition coefficient (Wildman–Crippen LogP) is 2.85. The Morgan fingerprint density at radius 1 is 1.45 bits per heavy atom. The molecular formula is C17H22N2O. The van der Waals surface area contributed by atoms with Crippen molar-refractivity contribution in [3.63, 3.8) is 0 Å². The lowest BCUT2D eigenvalue weighted by molar-refractivity contribution is -0.192. The van der Waals surface area contributed by atoms with Crippen LogP contribution in [-0.2, 0) is 11.3 Å². The summed E-state index contributed by atoms with van der Waals surface area (Å²) in [6, 6.07) is 10.6. The molecule has 0 aromatic heterocycles. The summed E-state index contributed by atoms with van der Waals surface area (Å²) in [6.07, 6.45) is 2.86. The van der Waals surface area contributed by atoms with Crippen LogP contribution in [0.1, 0.15) is 37.8 Å². The molecule has 2 fully saturated rings. The van der Waals surface area contributed by atoms with E-state index < -0.39 is 0 Å². The number of nitrogens with one attached hydrogen (secondary N) is 1. The maximum absolute atomic E-state index is 8.95. The van der Waals surface area contributed by atoms with Gasteiger partial charge < -0.3 is 10.1 Å². The Morgan fingerprint density at radius 2 is 2.30 bits per heavy atom. The number of nitrogens with zero attached hydrogens (tertiary/aromatic N) is 1. The standard InChI is InChI=1S/C17H22N2O/c1-17(2)15(14-7-4-8-20-16(14)17)19-11-13-6-3-5-12(9-13)10-18/h3,5-6,9,14-16,19H,4,7-8,11H2,1-2H3. The van der Waals surface area contributed by atoms with Crippen LogP contribution in [0.2, 0.25) is 0 Å². The summed E-state index contributed by atoms with van der Waals surface area (Å²) in [4.78, 5) is 0. The summed E-state index contributed by atoms with van der Waals surface area (Å²) in [5.41, 5.74) is 2.12. The zero-order valence-electron chi connectivity index (χ0n) is 12.2. The molecule has 3 heteroatoms. The van der Waals surface area contributed by atoms with Crippen LogP contribution in [0.15, 0.2) is 24.3 Å². The zero-order valence-corrected chi connectivity index (χ0v) is 12.2. The number of ether oxygens (including phenoxy) is 1. The Balaban J connectivity index is 1.64. The van der Waals surface area contributed by atoms with E-state index in [4.69, 9.17) is 10.00 Å². The molecule has 3 atom stereocenters. The number of hydrogen-bond acceptors (Lipinski definition) is 3. The first-order valence-electron chi connectivity index (χ1n) is 7.47. The monoisotopic (exact) mass is 270 g/mol. The summed E-state index contributed by atoms with van der Waals surface area (Å²) >= 11 is 0. The van der Waals surface area contributed by atoms with Crippen LogP contribution in [0, 0.1) is 22.7 Å². The average Bonchev–Trinajstić information content (AvgIpc) is 2.47. The summed E-state index contributed by atoms with van der Waals surface area (Å²) in [7, 11) is 0. The molecule has 1 aromatic rings. The van der Waals surface area contributed by atoms with Crippen LogP contribution in [0.3, 0.4) is 0 Å². The van der Waals surface area contributed by atoms with Crippen molar-refractivity contribution in [2.45, 2.75) is 45.4 Å². The van der Waals surface area contributed by atoms with E-state index in [0.717, 1.165) is 18.7 Å². The van der Waals surface area contributed by atoms with Crippen LogP contribution in [0.25, 0.3) is 0 Å². The van der Waals surface area contributed by atoms with E-state index in [1.165, 1.54) is 18.4 Å². The second-order valence-corrected chi connectivity index (χ2v) is 6.59.